The fourth-order valence-electron chi connectivity index (χ4n) is 3.20. The summed E-state index contributed by atoms with van der Waals surface area (Å²) in [7, 11) is -1.83. The first-order valence-corrected chi connectivity index (χ1v) is 13.5. The molecule has 0 aliphatic rings. The lowest BCUT2D eigenvalue weighted by molar-refractivity contribution is -0.153. The lowest BCUT2D eigenvalue weighted by Gasteiger charge is -2.37. The van der Waals surface area contributed by atoms with Crippen LogP contribution in [0.4, 0.5) is 0 Å². The molecule has 0 saturated carbocycles. The molecule has 166 valence electrons. The van der Waals surface area contributed by atoms with Crippen LogP contribution in [-0.4, -0.2) is 31.6 Å². The number of ether oxygens (including phenoxy) is 1. The van der Waals surface area contributed by atoms with Crippen molar-refractivity contribution in [1.82, 2.24) is 0 Å². The predicted octanol–water partition coefficient (Wildman–Crippen LogP) is 6.27. The molecule has 1 aromatic carbocycles. The van der Waals surface area contributed by atoms with E-state index in [-0.39, 0.29) is 28.6 Å². The molecule has 29 heavy (non-hydrogen) atoms. The number of phenolic OH excluding ortho intramolecular Hbond substituents is 1. The largest absolute Gasteiger partial charge is 0.508 e. The maximum absolute atomic E-state index is 12.5. The summed E-state index contributed by atoms with van der Waals surface area (Å²) in [5.41, 5.74) is 1.70. The van der Waals surface area contributed by atoms with Crippen molar-refractivity contribution in [2.24, 2.45) is 0 Å². The molecule has 0 atom stereocenters. The number of phenols is 1. The summed E-state index contributed by atoms with van der Waals surface area (Å²) in [5, 5.41) is 10.9. The molecule has 0 amide bonds. The van der Waals surface area contributed by atoms with Crippen molar-refractivity contribution in [1.29, 1.82) is 0 Å². The van der Waals surface area contributed by atoms with E-state index in [2.05, 4.69) is 47.7 Å². The Hall–Kier alpha value is -1.33. The molecule has 0 spiro atoms. The minimum Gasteiger partial charge on any atom is -0.508 e. The zero-order chi connectivity index (χ0) is 22.8. The number of aromatic hydroxyl groups is 1. The van der Waals surface area contributed by atoms with Crippen molar-refractivity contribution in [2.75, 3.05) is 6.61 Å². The van der Waals surface area contributed by atoms with Gasteiger partial charge in [0.25, 0.3) is 0 Å². The third-order valence-electron chi connectivity index (χ3n) is 5.77. The molecule has 0 aliphatic carbocycles. The van der Waals surface area contributed by atoms with E-state index in [1.807, 2.05) is 33.8 Å². The lowest BCUT2D eigenvalue weighted by Crippen LogP contribution is -2.41. The minimum absolute atomic E-state index is 0.147. The molecule has 0 bridgehead atoms. The fraction of sp³-hybridized carbons (Fsp3) is 0.708. The third kappa shape index (κ3) is 7.45. The van der Waals surface area contributed by atoms with E-state index in [1.165, 1.54) is 0 Å². The molecule has 0 heterocycles. The summed E-state index contributed by atoms with van der Waals surface area (Å²) in [6, 6.07) is 3.75. The van der Waals surface area contributed by atoms with Crippen LogP contribution >= 0.6 is 0 Å². The molecule has 0 unspecified atom stereocenters. The van der Waals surface area contributed by atoms with Crippen LogP contribution in [-0.2, 0) is 25.8 Å². The Labute approximate surface area is 179 Å². The van der Waals surface area contributed by atoms with Gasteiger partial charge in [0.15, 0.2) is 8.32 Å². The Kier molecular flexibility index (Phi) is 7.80. The maximum Gasteiger partial charge on any atom is 0.310 e. The van der Waals surface area contributed by atoms with Crippen LogP contribution in [0.1, 0.15) is 78.5 Å². The standard InChI is InChI=1S/C24H42O4Si/c1-17-14-18(16-20(26)28-22(2,3)4)21(19(25)15-17)24(8,9)12-13-27-29(10,11)23(5,6)7/h14-15,25H,12-13,16H2,1-11H3. The van der Waals surface area contributed by atoms with Gasteiger partial charge < -0.3 is 14.3 Å². The van der Waals surface area contributed by atoms with Crippen LogP contribution in [0.5, 0.6) is 5.75 Å². The SMILES string of the molecule is Cc1cc(O)c(C(C)(C)CCO[Si](C)(C)C(C)(C)C)c(CC(=O)OC(C)(C)C)c1. The molecule has 1 aromatic rings. The van der Waals surface area contributed by atoms with Crippen molar-refractivity contribution in [3.63, 3.8) is 0 Å². The van der Waals surface area contributed by atoms with Crippen LogP contribution < -0.4 is 0 Å². The van der Waals surface area contributed by atoms with Gasteiger partial charge in [-0.15, -0.1) is 0 Å². The number of aryl methyl sites for hydroxylation is 1. The van der Waals surface area contributed by atoms with Crippen molar-refractivity contribution in [3.8, 4) is 5.75 Å². The van der Waals surface area contributed by atoms with Crippen LogP contribution in [0.2, 0.25) is 18.1 Å². The maximum atomic E-state index is 12.5. The van der Waals surface area contributed by atoms with Crippen LogP contribution in [0.15, 0.2) is 12.1 Å². The van der Waals surface area contributed by atoms with E-state index in [0.29, 0.717) is 6.61 Å². The zero-order valence-corrected chi connectivity index (χ0v) is 21.4. The first-order valence-electron chi connectivity index (χ1n) is 10.5. The smallest absolute Gasteiger partial charge is 0.310 e. The number of rotatable bonds is 7. The van der Waals surface area contributed by atoms with Gasteiger partial charge in [0, 0.05) is 12.2 Å². The molecule has 5 heteroatoms. The van der Waals surface area contributed by atoms with Gasteiger partial charge in [0.05, 0.1) is 6.42 Å². The Morgan fingerprint density at radius 2 is 1.59 bits per heavy atom. The van der Waals surface area contributed by atoms with Gasteiger partial charge in [-0.1, -0.05) is 40.7 Å². The molecular weight excluding hydrogens is 380 g/mol. The number of carbonyl (C=O) groups is 1. The summed E-state index contributed by atoms with van der Waals surface area (Å²) in [5.74, 6) is -0.0436. The fourth-order valence-corrected chi connectivity index (χ4v) is 4.24. The first-order chi connectivity index (χ1) is 12.9. The highest BCUT2D eigenvalue weighted by Crippen LogP contribution is 2.40. The Balaban J connectivity index is 3.10. The minimum atomic E-state index is -1.83. The predicted molar refractivity (Wildman–Crippen MR) is 123 cm³/mol. The van der Waals surface area contributed by atoms with Crippen molar-refractivity contribution in [2.45, 2.75) is 104 Å². The Morgan fingerprint density at radius 3 is 2.07 bits per heavy atom. The van der Waals surface area contributed by atoms with E-state index < -0.39 is 13.9 Å². The molecular formula is C24H42O4Si. The molecule has 0 fully saturated rings. The van der Waals surface area contributed by atoms with Crippen LogP contribution in [0.3, 0.4) is 0 Å². The monoisotopic (exact) mass is 422 g/mol. The summed E-state index contributed by atoms with van der Waals surface area (Å²) in [6.45, 7) is 23.5. The highest BCUT2D eigenvalue weighted by molar-refractivity contribution is 6.74. The van der Waals surface area contributed by atoms with Crippen molar-refractivity contribution < 1.29 is 19.1 Å². The molecule has 0 radical (unpaired) electrons. The highest BCUT2D eigenvalue weighted by atomic mass is 28.4. The summed E-state index contributed by atoms with van der Waals surface area (Å²) >= 11 is 0. The average molecular weight is 423 g/mol. The molecule has 1 N–H and O–H groups in total. The quantitative estimate of drug-likeness (QED) is 0.415. The van der Waals surface area contributed by atoms with E-state index in [4.69, 9.17) is 9.16 Å². The second kappa shape index (κ2) is 8.81. The van der Waals surface area contributed by atoms with Gasteiger partial charge in [-0.3, -0.25) is 4.79 Å². The highest BCUT2D eigenvalue weighted by Gasteiger charge is 2.38. The van der Waals surface area contributed by atoms with Gasteiger partial charge >= 0.3 is 5.97 Å². The first kappa shape index (κ1) is 25.7. The summed E-state index contributed by atoms with van der Waals surface area (Å²) in [6.07, 6.45) is 0.909. The number of hydrogen-bond donors (Lipinski definition) is 1. The number of hydrogen-bond acceptors (Lipinski definition) is 4. The van der Waals surface area contributed by atoms with E-state index in [9.17, 15) is 9.90 Å². The van der Waals surface area contributed by atoms with Crippen molar-refractivity contribution in [3.05, 3.63) is 28.8 Å². The summed E-state index contributed by atoms with van der Waals surface area (Å²) in [4.78, 5) is 12.5. The molecule has 4 nitrogen and oxygen atoms in total. The summed E-state index contributed by atoms with van der Waals surface area (Å²) < 4.78 is 11.9. The third-order valence-corrected chi connectivity index (χ3v) is 10.3. The molecule has 0 aliphatic heterocycles. The number of benzene rings is 1. The number of carbonyl (C=O) groups excluding carboxylic acids is 1. The van der Waals surface area contributed by atoms with Gasteiger partial charge in [0.1, 0.15) is 11.4 Å². The average Bonchev–Trinajstić information content (AvgIpc) is 2.41. The van der Waals surface area contributed by atoms with Crippen LogP contribution in [0.25, 0.3) is 0 Å². The van der Waals surface area contributed by atoms with Gasteiger partial charge in [-0.05, 0) is 74.9 Å². The van der Waals surface area contributed by atoms with Crippen LogP contribution in [0, 0.1) is 6.92 Å². The van der Waals surface area contributed by atoms with Gasteiger partial charge in [0.2, 0.25) is 0 Å². The zero-order valence-electron chi connectivity index (χ0n) is 20.4. The normalized spacial score (nSPS) is 13.5. The Bertz CT molecular complexity index is 722. The topological polar surface area (TPSA) is 55.8 Å². The Morgan fingerprint density at radius 1 is 1.03 bits per heavy atom. The molecule has 0 saturated heterocycles. The van der Waals surface area contributed by atoms with Gasteiger partial charge in [-0.2, -0.15) is 0 Å². The van der Waals surface area contributed by atoms with E-state index in [1.54, 1.807) is 6.07 Å². The second-order valence-electron chi connectivity index (χ2n) is 11.3. The molecule has 0 aromatic heterocycles. The lowest BCUT2D eigenvalue weighted by atomic mass is 9.77. The van der Waals surface area contributed by atoms with E-state index in [0.717, 1.165) is 23.1 Å². The second-order valence-corrected chi connectivity index (χ2v) is 16.1. The van der Waals surface area contributed by atoms with Gasteiger partial charge in [-0.25, -0.2) is 0 Å². The van der Waals surface area contributed by atoms with E-state index >= 15 is 0 Å². The number of esters is 1. The van der Waals surface area contributed by atoms with Crippen molar-refractivity contribution >= 4 is 14.3 Å². The molecule has 1 rings (SSSR count).